The Kier molecular flexibility index (Phi) is 7.77. The summed E-state index contributed by atoms with van der Waals surface area (Å²) in [6.45, 7) is 0.308. The highest BCUT2D eigenvalue weighted by molar-refractivity contribution is 6.02. The molecule has 0 aliphatic carbocycles. The minimum atomic E-state index is -1.08. The zero-order valence-electron chi connectivity index (χ0n) is 18.2. The number of rotatable bonds is 8. The summed E-state index contributed by atoms with van der Waals surface area (Å²) in [4.78, 5) is 27.3. The summed E-state index contributed by atoms with van der Waals surface area (Å²) < 4.78 is 5.51. The van der Waals surface area contributed by atoms with Gasteiger partial charge in [-0.15, -0.1) is 0 Å². The fourth-order valence-corrected chi connectivity index (χ4v) is 3.34. The Morgan fingerprint density at radius 3 is 2.36 bits per heavy atom. The number of carboxylic acids is 1. The smallest absolute Gasteiger partial charge is 0.320 e. The molecule has 0 fully saturated rings. The van der Waals surface area contributed by atoms with Gasteiger partial charge in [-0.25, -0.2) is 0 Å². The summed E-state index contributed by atoms with van der Waals surface area (Å²) in [5, 5.41) is 11.9. The minimum Gasteiger partial charge on any atom is -0.496 e. The molecule has 1 amide bonds. The van der Waals surface area contributed by atoms with E-state index in [9.17, 15) is 9.59 Å². The van der Waals surface area contributed by atoms with Gasteiger partial charge < -0.3 is 26.6 Å². The average Bonchev–Trinajstić information content (AvgIpc) is 2.83. The molecule has 3 rings (SSSR count). The van der Waals surface area contributed by atoms with Gasteiger partial charge in [-0.05, 0) is 41.3 Å². The third-order valence-electron chi connectivity index (χ3n) is 5.08. The van der Waals surface area contributed by atoms with E-state index >= 15 is 0 Å². The van der Waals surface area contributed by atoms with Crippen molar-refractivity contribution in [1.29, 1.82) is 0 Å². The maximum Gasteiger partial charge on any atom is 0.320 e. The number of carbonyl (C=O) groups excluding carboxylic acids is 1. The topological polar surface area (TPSA) is 140 Å². The molecule has 0 radical (unpaired) electrons. The molecule has 3 aromatic carbocycles. The van der Waals surface area contributed by atoms with Crippen molar-refractivity contribution in [1.82, 2.24) is 5.32 Å². The Bertz CT molecular complexity index is 1140. The van der Waals surface area contributed by atoms with Gasteiger partial charge in [0.15, 0.2) is 5.96 Å². The van der Waals surface area contributed by atoms with Gasteiger partial charge in [0.25, 0.3) is 5.91 Å². The van der Waals surface area contributed by atoms with Crippen LogP contribution in [0, 0.1) is 0 Å². The van der Waals surface area contributed by atoms with Crippen LogP contribution in [-0.2, 0) is 17.8 Å². The molecule has 6 N–H and O–H groups in total. The Labute approximate surface area is 191 Å². The molecule has 8 nitrogen and oxygen atoms in total. The van der Waals surface area contributed by atoms with Crippen molar-refractivity contribution in [2.24, 2.45) is 16.5 Å². The van der Waals surface area contributed by atoms with Gasteiger partial charge in [0.2, 0.25) is 0 Å². The standard InChI is InChI=1S/C25H26N4O4/c1-33-22-9-5-8-19(17-6-3-2-4-7-17)20(22)15-28-25(27)29-23(30)18-12-10-16(11-13-18)14-21(26)24(31)32/h2-13,21H,14-15,26H2,1H3,(H,31,32)(H3,27,28,29,30)/t21-/m0/s1. The number of amides is 1. The third-order valence-corrected chi connectivity index (χ3v) is 5.08. The fourth-order valence-electron chi connectivity index (χ4n) is 3.34. The average molecular weight is 447 g/mol. The zero-order chi connectivity index (χ0) is 23.8. The lowest BCUT2D eigenvalue weighted by molar-refractivity contribution is -0.138. The first-order valence-electron chi connectivity index (χ1n) is 10.3. The number of aliphatic imine (C=N–C) groups is 1. The molecule has 0 aliphatic heterocycles. The number of ether oxygens (including phenoxy) is 1. The molecular formula is C25H26N4O4. The summed E-state index contributed by atoms with van der Waals surface area (Å²) >= 11 is 0. The zero-order valence-corrected chi connectivity index (χ0v) is 18.2. The van der Waals surface area contributed by atoms with Gasteiger partial charge in [-0.3, -0.25) is 9.59 Å². The predicted molar refractivity (Wildman–Crippen MR) is 127 cm³/mol. The number of guanidine groups is 1. The molecule has 3 aromatic rings. The van der Waals surface area contributed by atoms with Crippen LogP contribution in [0.5, 0.6) is 5.75 Å². The van der Waals surface area contributed by atoms with Crippen LogP contribution < -0.4 is 21.5 Å². The maximum absolute atomic E-state index is 12.5. The summed E-state index contributed by atoms with van der Waals surface area (Å²) in [6.07, 6.45) is 0.166. The first-order chi connectivity index (χ1) is 15.9. The third kappa shape index (κ3) is 6.18. The molecule has 33 heavy (non-hydrogen) atoms. The summed E-state index contributed by atoms with van der Waals surface area (Å²) in [7, 11) is 1.60. The molecule has 0 saturated heterocycles. The largest absolute Gasteiger partial charge is 0.496 e. The second kappa shape index (κ2) is 10.9. The number of hydrogen-bond acceptors (Lipinski definition) is 4. The van der Waals surface area contributed by atoms with E-state index in [1.165, 1.54) is 0 Å². The van der Waals surface area contributed by atoms with Crippen LogP contribution in [-0.4, -0.2) is 36.1 Å². The number of carbonyl (C=O) groups is 2. The van der Waals surface area contributed by atoms with E-state index in [-0.39, 0.29) is 12.4 Å². The van der Waals surface area contributed by atoms with Crippen LogP contribution in [0.3, 0.4) is 0 Å². The van der Waals surface area contributed by atoms with E-state index in [1.807, 2.05) is 48.5 Å². The summed E-state index contributed by atoms with van der Waals surface area (Å²) in [5.41, 5.74) is 15.4. The van der Waals surface area contributed by atoms with Gasteiger partial charge in [0, 0.05) is 17.7 Å². The van der Waals surface area contributed by atoms with Gasteiger partial charge >= 0.3 is 5.97 Å². The normalized spacial score (nSPS) is 12.1. The molecule has 0 saturated carbocycles. The SMILES string of the molecule is COc1cccc(-c2ccccc2)c1CNC(N)=NC(=O)c1ccc(C[C@H](N)C(=O)O)cc1. The van der Waals surface area contributed by atoms with Gasteiger partial charge in [-0.1, -0.05) is 54.6 Å². The number of benzene rings is 3. The summed E-state index contributed by atoms with van der Waals surface area (Å²) in [6, 6.07) is 21.1. The molecule has 0 heterocycles. The van der Waals surface area contributed by atoms with Crippen molar-refractivity contribution in [3.05, 3.63) is 89.5 Å². The monoisotopic (exact) mass is 446 g/mol. The second-order valence-electron chi connectivity index (χ2n) is 7.35. The Hall–Kier alpha value is -4.17. The van der Waals surface area contributed by atoms with E-state index < -0.39 is 17.9 Å². The Morgan fingerprint density at radius 1 is 1.03 bits per heavy atom. The molecule has 0 bridgehead atoms. The lowest BCUT2D eigenvalue weighted by atomic mass is 9.99. The van der Waals surface area contributed by atoms with Gasteiger partial charge in [0.1, 0.15) is 11.8 Å². The molecule has 0 spiro atoms. The lowest BCUT2D eigenvalue weighted by Crippen LogP contribution is -2.32. The highest BCUT2D eigenvalue weighted by Crippen LogP contribution is 2.30. The van der Waals surface area contributed by atoms with Crippen molar-refractivity contribution >= 4 is 17.8 Å². The van der Waals surface area contributed by atoms with Gasteiger partial charge in [0.05, 0.1) is 7.11 Å². The molecule has 170 valence electrons. The van der Waals surface area contributed by atoms with Crippen molar-refractivity contribution in [3.8, 4) is 16.9 Å². The number of carboxylic acid groups (broad SMARTS) is 1. The van der Waals surface area contributed by atoms with Crippen LogP contribution >= 0.6 is 0 Å². The van der Waals surface area contributed by atoms with E-state index in [2.05, 4.69) is 10.3 Å². The Morgan fingerprint density at radius 2 is 1.73 bits per heavy atom. The first kappa shape index (κ1) is 23.5. The number of nitrogens with zero attached hydrogens (tertiary/aromatic N) is 1. The van der Waals surface area contributed by atoms with E-state index in [1.54, 1.807) is 31.4 Å². The van der Waals surface area contributed by atoms with E-state index in [0.29, 0.717) is 23.4 Å². The number of nitrogens with two attached hydrogens (primary N) is 2. The number of aliphatic carboxylic acids is 1. The highest BCUT2D eigenvalue weighted by Gasteiger charge is 2.14. The van der Waals surface area contributed by atoms with Crippen molar-refractivity contribution < 1.29 is 19.4 Å². The van der Waals surface area contributed by atoms with Crippen LogP contribution in [0.4, 0.5) is 0 Å². The van der Waals surface area contributed by atoms with E-state index in [0.717, 1.165) is 16.7 Å². The second-order valence-corrected chi connectivity index (χ2v) is 7.35. The number of nitrogens with one attached hydrogen (secondary N) is 1. The summed E-state index contributed by atoms with van der Waals surface area (Å²) in [5.74, 6) is -0.929. The number of methoxy groups -OCH3 is 1. The first-order valence-corrected chi connectivity index (χ1v) is 10.3. The fraction of sp³-hybridized carbons (Fsp3) is 0.160. The van der Waals surface area contributed by atoms with Gasteiger partial charge in [-0.2, -0.15) is 4.99 Å². The van der Waals surface area contributed by atoms with Crippen LogP contribution in [0.1, 0.15) is 21.5 Å². The highest BCUT2D eigenvalue weighted by atomic mass is 16.5. The Balaban J connectivity index is 1.71. The lowest BCUT2D eigenvalue weighted by Gasteiger charge is -2.15. The predicted octanol–water partition coefficient (Wildman–Crippen LogP) is 2.56. The molecule has 0 aliphatic rings. The quantitative estimate of drug-likeness (QED) is 0.308. The minimum absolute atomic E-state index is 0.0260. The molecule has 1 atom stereocenters. The van der Waals surface area contributed by atoms with Crippen LogP contribution in [0.25, 0.3) is 11.1 Å². The van der Waals surface area contributed by atoms with Crippen LogP contribution in [0.15, 0.2) is 77.8 Å². The van der Waals surface area contributed by atoms with E-state index in [4.69, 9.17) is 21.3 Å². The molecule has 0 unspecified atom stereocenters. The van der Waals surface area contributed by atoms with Crippen LogP contribution in [0.2, 0.25) is 0 Å². The van der Waals surface area contributed by atoms with Crippen molar-refractivity contribution in [3.63, 3.8) is 0 Å². The van der Waals surface area contributed by atoms with Crippen molar-refractivity contribution in [2.75, 3.05) is 7.11 Å². The molecular weight excluding hydrogens is 420 g/mol. The van der Waals surface area contributed by atoms with Crippen molar-refractivity contribution in [2.45, 2.75) is 19.0 Å². The number of hydrogen-bond donors (Lipinski definition) is 4. The maximum atomic E-state index is 12.5. The molecule has 0 aromatic heterocycles. The molecule has 8 heteroatoms.